The standard InChI is InChI=1S/C19H30N4O/c1-19(20,17-5-3-4-10-21-17)18(24)23-13-8-16(9-14-23)15-6-11-22(2)12-7-15/h3-5,10,15-16H,6-9,11-14,20H2,1-2H3/t19-/m1/s1. The largest absolute Gasteiger partial charge is 0.341 e. The van der Waals surface area contributed by atoms with E-state index in [9.17, 15) is 4.79 Å². The predicted molar refractivity (Wildman–Crippen MR) is 95.3 cm³/mol. The van der Waals surface area contributed by atoms with E-state index in [1.165, 1.54) is 25.9 Å². The first-order chi connectivity index (χ1) is 11.5. The van der Waals surface area contributed by atoms with Crippen molar-refractivity contribution in [3.8, 4) is 0 Å². The van der Waals surface area contributed by atoms with Crippen LogP contribution >= 0.6 is 0 Å². The van der Waals surface area contributed by atoms with E-state index in [1.54, 1.807) is 13.1 Å². The molecule has 3 heterocycles. The predicted octanol–water partition coefficient (Wildman–Crippen LogP) is 1.84. The molecule has 0 spiro atoms. The lowest BCUT2D eigenvalue weighted by atomic mass is 9.78. The zero-order valence-corrected chi connectivity index (χ0v) is 14.9. The Morgan fingerprint density at radius 1 is 1.12 bits per heavy atom. The maximum absolute atomic E-state index is 12.9. The van der Waals surface area contributed by atoms with Gasteiger partial charge in [-0.2, -0.15) is 0 Å². The van der Waals surface area contributed by atoms with Crippen molar-refractivity contribution in [1.29, 1.82) is 0 Å². The van der Waals surface area contributed by atoms with E-state index in [-0.39, 0.29) is 5.91 Å². The van der Waals surface area contributed by atoms with E-state index >= 15 is 0 Å². The minimum Gasteiger partial charge on any atom is -0.341 e. The van der Waals surface area contributed by atoms with Crippen molar-refractivity contribution < 1.29 is 4.79 Å². The van der Waals surface area contributed by atoms with E-state index in [0.717, 1.165) is 37.8 Å². The molecule has 1 aromatic rings. The smallest absolute Gasteiger partial charge is 0.248 e. The molecule has 1 aromatic heterocycles. The number of nitrogens with two attached hydrogens (primary N) is 1. The van der Waals surface area contributed by atoms with Gasteiger partial charge in [-0.1, -0.05) is 6.07 Å². The van der Waals surface area contributed by atoms with Crippen molar-refractivity contribution in [3.63, 3.8) is 0 Å². The van der Waals surface area contributed by atoms with Gasteiger partial charge in [-0.05, 0) is 76.7 Å². The number of rotatable bonds is 3. The summed E-state index contributed by atoms with van der Waals surface area (Å²) in [4.78, 5) is 21.5. The number of aromatic nitrogens is 1. The molecular formula is C19H30N4O. The van der Waals surface area contributed by atoms with Crippen LogP contribution in [0.25, 0.3) is 0 Å². The highest BCUT2D eigenvalue weighted by atomic mass is 16.2. The third-order valence-electron chi connectivity index (χ3n) is 5.90. The maximum atomic E-state index is 12.9. The second-order valence-corrected chi connectivity index (χ2v) is 7.69. The summed E-state index contributed by atoms with van der Waals surface area (Å²) >= 11 is 0. The Kier molecular flexibility index (Phi) is 5.21. The molecule has 0 bridgehead atoms. The summed E-state index contributed by atoms with van der Waals surface area (Å²) in [6.07, 6.45) is 6.52. The molecule has 2 fully saturated rings. The van der Waals surface area contributed by atoms with Gasteiger partial charge in [0.1, 0.15) is 5.54 Å². The van der Waals surface area contributed by atoms with Gasteiger partial charge in [0.05, 0.1) is 5.69 Å². The molecule has 0 aromatic carbocycles. The van der Waals surface area contributed by atoms with Gasteiger partial charge in [0.15, 0.2) is 0 Å². The van der Waals surface area contributed by atoms with Gasteiger partial charge < -0.3 is 15.5 Å². The van der Waals surface area contributed by atoms with Crippen LogP contribution in [0, 0.1) is 11.8 Å². The summed E-state index contributed by atoms with van der Waals surface area (Å²) in [7, 11) is 2.21. The lowest BCUT2D eigenvalue weighted by Gasteiger charge is -2.41. The summed E-state index contributed by atoms with van der Waals surface area (Å²) < 4.78 is 0. The van der Waals surface area contributed by atoms with Crippen molar-refractivity contribution in [2.45, 2.75) is 38.1 Å². The monoisotopic (exact) mass is 330 g/mol. The van der Waals surface area contributed by atoms with Crippen LogP contribution in [0.4, 0.5) is 0 Å². The Labute approximate surface area is 145 Å². The summed E-state index contributed by atoms with van der Waals surface area (Å²) in [5.74, 6) is 1.60. The fraction of sp³-hybridized carbons (Fsp3) is 0.684. The molecule has 1 amide bonds. The first-order valence-corrected chi connectivity index (χ1v) is 9.17. The molecule has 1 atom stereocenters. The SMILES string of the molecule is CN1CCC(C2CCN(C(=O)[C@](C)(N)c3ccccn3)CC2)CC1. The van der Waals surface area contributed by atoms with Crippen LogP contribution < -0.4 is 5.73 Å². The Morgan fingerprint density at radius 3 is 2.25 bits per heavy atom. The van der Waals surface area contributed by atoms with E-state index in [0.29, 0.717) is 5.69 Å². The first-order valence-electron chi connectivity index (χ1n) is 9.17. The van der Waals surface area contributed by atoms with E-state index in [1.807, 2.05) is 23.1 Å². The lowest BCUT2D eigenvalue weighted by Crippen LogP contribution is -2.53. The molecule has 2 saturated heterocycles. The molecule has 2 aliphatic heterocycles. The normalized spacial score (nSPS) is 23.9. The highest BCUT2D eigenvalue weighted by Gasteiger charge is 2.38. The van der Waals surface area contributed by atoms with Gasteiger partial charge in [-0.3, -0.25) is 9.78 Å². The first kappa shape index (κ1) is 17.4. The van der Waals surface area contributed by atoms with Crippen LogP contribution in [0.15, 0.2) is 24.4 Å². The Hall–Kier alpha value is -1.46. The van der Waals surface area contributed by atoms with Crippen LogP contribution in [0.1, 0.15) is 38.3 Å². The van der Waals surface area contributed by atoms with Crippen LogP contribution in [0.2, 0.25) is 0 Å². The minimum atomic E-state index is -1.04. The van der Waals surface area contributed by atoms with Gasteiger partial charge in [0.25, 0.3) is 0 Å². The van der Waals surface area contributed by atoms with Crippen molar-refractivity contribution in [3.05, 3.63) is 30.1 Å². The van der Waals surface area contributed by atoms with Crippen LogP contribution in [-0.4, -0.2) is 53.9 Å². The number of piperidine rings is 2. The number of carbonyl (C=O) groups is 1. The number of nitrogens with zero attached hydrogens (tertiary/aromatic N) is 3. The average Bonchev–Trinajstić information content (AvgIpc) is 2.62. The quantitative estimate of drug-likeness (QED) is 0.918. The van der Waals surface area contributed by atoms with Gasteiger partial charge in [0, 0.05) is 19.3 Å². The summed E-state index contributed by atoms with van der Waals surface area (Å²) in [6.45, 7) is 5.86. The number of carbonyl (C=O) groups excluding carboxylic acids is 1. The van der Waals surface area contributed by atoms with Gasteiger partial charge in [0.2, 0.25) is 5.91 Å². The highest BCUT2D eigenvalue weighted by Crippen LogP contribution is 2.33. The van der Waals surface area contributed by atoms with E-state index in [4.69, 9.17) is 5.73 Å². The molecule has 0 unspecified atom stereocenters. The third-order valence-corrected chi connectivity index (χ3v) is 5.90. The second-order valence-electron chi connectivity index (χ2n) is 7.69. The molecule has 5 nitrogen and oxygen atoms in total. The molecule has 2 N–H and O–H groups in total. The van der Waals surface area contributed by atoms with Crippen LogP contribution in [0.3, 0.4) is 0 Å². The minimum absolute atomic E-state index is 0.00280. The van der Waals surface area contributed by atoms with Crippen molar-refractivity contribution in [1.82, 2.24) is 14.8 Å². The molecule has 2 aliphatic rings. The van der Waals surface area contributed by atoms with Crippen molar-refractivity contribution in [2.75, 3.05) is 33.2 Å². The van der Waals surface area contributed by atoms with Gasteiger partial charge in [-0.25, -0.2) is 0 Å². The van der Waals surface area contributed by atoms with Crippen molar-refractivity contribution >= 4 is 5.91 Å². The number of amides is 1. The summed E-state index contributed by atoms with van der Waals surface area (Å²) in [5, 5.41) is 0. The zero-order chi connectivity index (χ0) is 17.2. The summed E-state index contributed by atoms with van der Waals surface area (Å²) in [5.41, 5.74) is 5.95. The molecule has 0 radical (unpaired) electrons. The highest BCUT2D eigenvalue weighted by molar-refractivity contribution is 5.86. The van der Waals surface area contributed by atoms with Gasteiger partial charge >= 0.3 is 0 Å². The molecule has 0 saturated carbocycles. The van der Waals surface area contributed by atoms with Gasteiger partial charge in [-0.15, -0.1) is 0 Å². The Bertz CT molecular complexity index is 544. The molecule has 3 rings (SSSR count). The second kappa shape index (κ2) is 7.19. The van der Waals surface area contributed by atoms with E-state index in [2.05, 4.69) is 16.9 Å². The van der Waals surface area contributed by atoms with Crippen LogP contribution in [0.5, 0.6) is 0 Å². The Morgan fingerprint density at radius 2 is 1.71 bits per heavy atom. The fourth-order valence-corrected chi connectivity index (χ4v) is 4.18. The zero-order valence-electron chi connectivity index (χ0n) is 14.9. The average molecular weight is 330 g/mol. The summed E-state index contributed by atoms with van der Waals surface area (Å²) in [6, 6.07) is 5.56. The molecular weight excluding hydrogens is 300 g/mol. The number of hydrogen-bond donors (Lipinski definition) is 1. The fourth-order valence-electron chi connectivity index (χ4n) is 4.18. The molecule has 132 valence electrons. The third kappa shape index (κ3) is 3.62. The molecule has 0 aliphatic carbocycles. The maximum Gasteiger partial charge on any atom is 0.248 e. The topological polar surface area (TPSA) is 62.5 Å². The molecule has 5 heteroatoms. The van der Waals surface area contributed by atoms with Crippen LogP contribution in [-0.2, 0) is 10.3 Å². The number of likely N-dealkylation sites (tertiary alicyclic amines) is 2. The lowest BCUT2D eigenvalue weighted by molar-refractivity contribution is -0.138. The number of pyridine rings is 1. The Balaban J connectivity index is 1.57. The number of hydrogen-bond acceptors (Lipinski definition) is 4. The van der Waals surface area contributed by atoms with Crippen molar-refractivity contribution in [2.24, 2.45) is 17.6 Å². The molecule has 24 heavy (non-hydrogen) atoms. The van der Waals surface area contributed by atoms with E-state index < -0.39 is 5.54 Å².